The molecule has 2 saturated heterocycles. The van der Waals surface area contributed by atoms with Crippen LogP contribution in [-0.4, -0.2) is 60.5 Å². The van der Waals surface area contributed by atoms with E-state index in [-0.39, 0.29) is 12.2 Å². The second-order valence-corrected chi connectivity index (χ2v) is 5.63. The summed E-state index contributed by atoms with van der Waals surface area (Å²) in [5, 5.41) is 21.6. The topological polar surface area (TPSA) is 55.7 Å². The summed E-state index contributed by atoms with van der Waals surface area (Å²) >= 11 is 0. The standard InChI is InChI=1S/C7H15NO.C6H13NO/c1-6-5-8(2)4-3-7(6)9;1-5-4-7-3-2-6(5)8/h6-7,9H,3-5H2,1-2H3;5-8H,2-4H2,1H3/t6-,7-;5-,6-/m11/s1. The number of likely N-dealkylation sites (tertiary alicyclic amines) is 1. The summed E-state index contributed by atoms with van der Waals surface area (Å²) in [6.45, 7) is 8.20. The van der Waals surface area contributed by atoms with Gasteiger partial charge in [0.25, 0.3) is 0 Å². The highest BCUT2D eigenvalue weighted by atomic mass is 16.3. The van der Waals surface area contributed by atoms with Crippen LogP contribution in [-0.2, 0) is 0 Å². The number of rotatable bonds is 0. The number of piperidine rings is 2. The molecule has 4 heteroatoms. The first kappa shape index (κ1) is 14.9. The molecule has 0 saturated carbocycles. The number of hydrogen-bond donors (Lipinski definition) is 3. The maximum Gasteiger partial charge on any atom is 0.0590 e. The maximum atomic E-state index is 9.27. The van der Waals surface area contributed by atoms with Crippen molar-refractivity contribution in [1.29, 1.82) is 0 Å². The quantitative estimate of drug-likeness (QED) is 0.573. The fraction of sp³-hybridized carbons (Fsp3) is 1.00. The number of hydrogen-bond acceptors (Lipinski definition) is 4. The van der Waals surface area contributed by atoms with Crippen LogP contribution in [0.15, 0.2) is 0 Å². The Morgan fingerprint density at radius 2 is 1.71 bits per heavy atom. The summed E-state index contributed by atoms with van der Waals surface area (Å²) in [6, 6.07) is 0. The average molecular weight is 244 g/mol. The lowest BCUT2D eigenvalue weighted by molar-refractivity contribution is 0.0451. The molecule has 2 heterocycles. The van der Waals surface area contributed by atoms with E-state index in [0.29, 0.717) is 11.8 Å². The molecule has 3 N–H and O–H groups in total. The van der Waals surface area contributed by atoms with Crippen LogP contribution in [0.25, 0.3) is 0 Å². The van der Waals surface area contributed by atoms with Gasteiger partial charge in [0.15, 0.2) is 0 Å². The molecule has 2 rings (SSSR count). The molecule has 0 bridgehead atoms. The van der Waals surface area contributed by atoms with Gasteiger partial charge in [0.1, 0.15) is 0 Å². The van der Waals surface area contributed by atoms with E-state index in [4.69, 9.17) is 5.11 Å². The number of nitrogens with one attached hydrogen (secondary N) is 1. The fourth-order valence-corrected chi connectivity index (χ4v) is 2.34. The average Bonchev–Trinajstić information content (AvgIpc) is 2.29. The van der Waals surface area contributed by atoms with Gasteiger partial charge < -0.3 is 20.4 Å². The zero-order valence-electron chi connectivity index (χ0n) is 11.4. The number of nitrogens with zero attached hydrogens (tertiary/aromatic N) is 1. The van der Waals surface area contributed by atoms with E-state index >= 15 is 0 Å². The summed E-state index contributed by atoms with van der Waals surface area (Å²) < 4.78 is 0. The minimum atomic E-state index is -0.0590. The van der Waals surface area contributed by atoms with Crippen LogP contribution in [0.2, 0.25) is 0 Å². The summed E-state index contributed by atoms with van der Waals surface area (Å²) in [5.41, 5.74) is 0. The molecule has 2 aliphatic heterocycles. The molecule has 0 spiro atoms. The Hall–Kier alpha value is -0.160. The molecule has 4 atom stereocenters. The van der Waals surface area contributed by atoms with Gasteiger partial charge in [0.05, 0.1) is 12.2 Å². The molecule has 0 amide bonds. The molecule has 17 heavy (non-hydrogen) atoms. The molecule has 0 aromatic heterocycles. The SMILES string of the molecule is C[C@@H]1CN(C)CC[C@H]1O.C[C@@H]1CNCC[C@H]1O. The van der Waals surface area contributed by atoms with Crippen LogP contribution in [0.5, 0.6) is 0 Å². The van der Waals surface area contributed by atoms with Crippen LogP contribution in [0, 0.1) is 11.8 Å². The van der Waals surface area contributed by atoms with Gasteiger partial charge in [0, 0.05) is 19.6 Å². The molecule has 4 nitrogen and oxygen atoms in total. The molecule has 0 radical (unpaired) electrons. The van der Waals surface area contributed by atoms with Crippen molar-refractivity contribution in [2.24, 2.45) is 11.8 Å². The van der Waals surface area contributed by atoms with Crippen molar-refractivity contribution in [2.45, 2.75) is 38.9 Å². The van der Waals surface area contributed by atoms with E-state index in [9.17, 15) is 5.11 Å². The molecule has 0 unspecified atom stereocenters. The first-order valence-corrected chi connectivity index (χ1v) is 6.76. The Labute approximate surface area is 105 Å². The minimum Gasteiger partial charge on any atom is -0.393 e. The first-order valence-electron chi connectivity index (χ1n) is 6.76. The summed E-state index contributed by atoms with van der Waals surface area (Å²) in [5.74, 6) is 0.910. The third-order valence-corrected chi connectivity index (χ3v) is 3.80. The van der Waals surface area contributed by atoms with Gasteiger partial charge in [-0.25, -0.2) is 0 Å². The maximum absolute atomic E-state index is 9.27. The van der Waals surface area contributed by atoms with Crippen molar-refractivity contribution in [3.8, 4) is 0 Å². The lowest BCUT2D eigenvalue weighted by Crippen LogP contribution is -2.39. The van der Waals surface area contributed by atoms with Gasteiger partial charge in [-0.3, -0.25) is 0 Å². The van der Waals surface area contributed by atoms with Crippen LogP contribution in [0.1, 0.15) is 26.7 Å². The predicted molar refractivity (Wildman–Crippen MR) is 69.9 cm³/mol. The molecular formula is C13H28N2O2. The van der Waals surface area contributed by atoms with Gasteiger partial charge in [0.2, 0.25) is 0 Å². The smallest absolute Gasteiger partial charge is 0.0590 e. The highest BCUT2D eigenvalue weighted by Crippen LogP contribution is 2.14. The van der Waals surface area contributed by atoms with E-state index in [0.717, 1.165) is 39.0 Å². The van der Waals surface area contributed by atoms with Gasteiger partial charge >= 0.3 is 0 Å². The van der Waals surface area contributed by atoms with Crippen molar-refractivity contribution in [3.63, 3.8) is 0 Å². The Bertz CT molecular complexity index is 204. The first-order chi connectivity index (χ1) is 8.00. The van der Waals surface area contributed by atoms with Crippen molar-refractivity contribution in [3.05, 3.63) is 0 Å². The van der Waals surface area contributed by atoms with Gasteiger partial charge in [-0.15, -0.1) is 0 Å². The van der Waals surface area contributed by atoms with Crippen molar-refractivity contribution in [1.82, 2.24) is 10.2 Å². The minimum absolute atomic E-state index is 0.0544. The van der Waals surface area contributed by atoms with Gasteiger partial charge in [-0.1, -0.05) is 13.8 Å². The Balaban J connectivity index is 0.000000171. The van der Waals surface area contributed by atoms with Gasteiger partial charge in [-0.2, -0.15) is 0 Å². The van der Waals surface area contributed by atoms with E-state index in [1.165, 1.54) is 0 Å². The van der Waals surface area contributed by atoms with Crippen molar-refractivity contribution in [2.75, 3.05) is 33.2 Å². The lowest BCUT2D eigenvalue weighted by Gasteiger charge is -2.31. The lowest BCUT2D eigenvalue weighted by atomic mass is 9.97. The molecule has 0 aromatic carbocycles. The zero-order chi connectivity index (χ0) is 12.8. The number of aliphatic hydroxyl groups excluding tert-OH is 2. The van der Waals surface area contributed by atoms with E-state index in [1.54, 1.807) is 0 Å². The third-order valence-electron chi connectivity index (χ3n) is 3.80. The summed E-state index contributed by atoms with van der Waals surface area (Å²) in [4.78, 5) is 2.26. The second kappa shape index (κ2) is 7.31. The van der Waals surface area contributed by atoms with E-state index in [1.807, 2.05) is 0 Å². The monoisotopic (exact) mass is 244 g/mol. The normalized spacial score (nSPS) is 39.4. The second-order valence-electron chi connectivity index (χ2n) is 5.63. The summed E-state index contributed by atoms with van der Waals surface area (Å²) in [6.07, 6.45) is 1.75. The predicted octanol–water partition coefficient (Wildman–Crippen LogP) is 0.296. The van der Waals surface area contributed by atoms with Crippen LogP contribution < -0.4 is 5.32 Å². The molecule has 0 aliphatic carbocycles. The van der Waals surface area contributed by atoms with Crippen molar-refractivity contribution < 1.29 is 10.2 Å². The van der Waals surface area contributed by atoms with Crippen molar-refractivity contribution >= 4 is 0 Å². The van der Waals surface area contributed by atoms with Crippen LogP contribution in [0.3, 0.4) is 0 Å². The Morgan fingerprint density at radius 3 is 2.12 bits per heavy atom. The molecular weight excluding hydrogens is 216 g/mol. The highest BCUT2D eigenvalue weighted by Gasteiger charge is 2.21. The molecule has 102 valence electrons. The van der Waals surface area contributed by atoms with E-state index < -0.39 is 0 Å². The molecule has 0 aromatic rings. The van der Waals surface area contributed by atoms with Gasteiger partial charge in [-0.05, 0) is 38.3 Å². The van der Waals surface area contributed by atoms with Crippen LogP contribution >= 0.6 is 0 Å². The third kappa shape index (κ3) is 5.34. The number of aliphatic hydroxyl groups is 2. The fourth-order valence-electron chi connectivity index (χ4n) is 2.34. The Kier molecular flexibility index (Phi) is 6.41. The zero-order valence-corrected chi connectivity index (χ0v) is 11.4. The Morgan fingerprint density at radius 1 is 1.06 bits per heavy atom. The van der Waals surface area contributed by atoms with E-state index in [2.05, 4.69) is 31.1 Å². The van der Waals surface area contributed by atoms with Crippen LogP contribution in [0.4, 0.5) is 0 Å². The summed E-state index contributed by atoms with van der Waals surface area (Å²) in [7, 11) is 2.10. The highest BCUT2D eigenvalue weighted by molar-refractivity contribution is 4.74. The molecule has 2 fully saturated rings. The largest absolute Gasteiger partial charge is 0.393 e. The molecule has 2 aliphatic rings.